The van der Waals surface area contributed by atoms with Gasteiger partial charge in [-0.15, -0.1) is 0 Å². The Morgan fingerprint density at radius 2 is 1.48 bits per heavy atom. The maximum atomic E-state index is 5.91. The van der Waals surface area contributed by atoms with Gasteiger partial charge in [-0.05, 0) is 42.7 Å². The maximum absolute atomic E-state index is 5.91. The second kappa shape index (κ2) is 9.09. The molecular weight excluding hydrogens is 286 g/mol. The molecule has 0 amide bonds. The first-order valence-corrected chi connectivity index (χ1v) is 8.50. The van der Waals surface area contributed by atoms with E-state index >= 15 is 0 Å². The molecule has 2 aromatic rings. The first-order chi connectivity index (χ1) is 11.2. The Hall–Kier alpha value is -2.16. The molecule has 0 aliphatic carbocycles. The normalized spacial score (nSPS) is 10.5. The summed E-state index contributed by atoms with van der Waals surface area (Å²) in [5, 5.41) is 0. The number of nitrogen functional groups attached to an aromatic ring is 1. The summed E-state index contributed by atoms with van der Waals surface area (Å²) in [6, 6.07) is 14.0. The molecule has 0 saturated heterocycles. The van der Waals surface area contributed by atoms with E-state index in [1.54, 1.807) is 0 Å². The third-order valence-electron chi connectivity index (χ3n) is 3.69. The second-order valence-electron chi connectivity index (χ2n) is 5.68. The molecule has 0 bridgehead atoms. The van der Waals surface area contributed by atoms with Crippen LogP contribution < -0.4 is 15.2 Å². The number of anilines is 1. The molecule has 2 N–H and O–H groups in total. The second-order valence-corrected chi connectivity index (χ2v) is 5.68. The first kappa shape index (κ1) is 17.2. The van der Waals surface area contributed by atoms with Crippen LogP contribution in [-0.2, 0) is 0 Å². The largest absolute Gasteiger partial charge is 0.494 e. The van der Waals surface area contributed by atoms with Crippen LogP contribution in [0.15, 0.2) is 42.5 Å². The van der Waals surface area contributed by atoms with Crippen LogP contribution in [0.2, 0.25) is 0 Å². The van der Waals surface area contributed by atoms with Crippen LogP contribution in [0.3, 0.4) is 0 Å². The summed E-state index contributed by atoms with van der Waals surface area (Å²) in [6.07, 6.45) is 4.37. The van der Waals surface area contributed by atoms with E-state index in [0.29, 0.717) is 6.61 Å². The summed E-state index contributed by atoms with van der Waals surface area (Å²) in [4.78, 5) is 0. The molecule has 23 heavy (non-hydrogen) atoms. The van der Waals surface area contributed by atoms with Gasteiger partial charge in [-0.3, -0.25) is 0 Å². The van der Waals surface area contributed by atoms with E-state index in [2.05, 4.69) is 26.0 Å². The highest BCUT2D eigenvalue weighted by molar-refractivity contribution is 5.73. The van der Waals surface area contributed by atoms with Crippen molar-refractivity contribution in [2.45, 2.75) is 39.5 Å². The minimum Gasteiger partial charge on any atom is -0.494 e. The van der Waals surface area contributed by atoms with Crippen molar-refractivity contribution in [3.63, 3.8) is 0 Å². The van der Waals surface area contributed by atoms with Gasteiger partial charge in [0.1, 0.15) is 11.5 Å². The van der Waals surface area contributed by atoms with Crippen molar-refractivity contribution in [1.29, 1.82) is 0 Å². The number of hydrogen-bond acceptors (Lipinski definition) is 3. The number of benzene rings is 2. The minimum absolute atomic E-state index is 0.713. The highest BCUT2D eigenvalue weighted by Crippen LogP contribution is 2.33. The summed E-state index contributed by atoms with van der Waals surface area (Å²) >= 11 is 0. The van der Waals surface area contributed by atoms with Crippen LogP contribution in [0.4, 0.5) is 5.69 Å². The molecule has 0 unspecified atom stereocenters. The van der Waals surface area contributed by atoms with Crippen LogP contribution in [0.5, 0.6) is 11.5 Å². The van der Waals surface area contributed by atoms with Crippen molar-refractivity contribution < 1.29 is 9.47 Å². The van der Waals surface area contributed by atoms with Gasteiger partial charge in [0.05, 0.1) is 13.2 Å². The zero-order valence-electron chi connectivity index (χ0n) is 14.2. The van der Waals surface area contributed by atoms with Crippen molar-refractivity contribution in [2.75, 3.05) is 18.9 Å². The third-order valence-corrected chi connectivity index (χ3v) is 3.69. The van der Waals surface area contributed by atoms with Gasteiger partial charge in [0.2, 0.25) is 0 Å². The highest BCUT2D eigenvalue weighted by atomic mass is 16.5. The van der Waals surface area contributed by atoms with Crippen LogP contribution in [0.1, 0.15) is 39.5 Å². The lowest BCUT2D eigenvalue weighted by atomic mass is 10.0. The van der Waals surface area contributed by atoms with Crippen molar-refractivity contribution in [1.82, 2.24) is 0 Å². The molecule has 0 heterocycles. The Bertz CT molecular complexity index is 593. The van der Waals surface area contributed by atoms with Crippen LogP contribution in [-0.4, -0.2) is 13.2 Å². The summed E-state index contributed by atoms with van der Waals surface area (Å²) in [6.45, 7) is 5.79. The lowest BCUT2D eigenvalue weighted by Gasteiger charge is -2.13. The van der Waals surface area contributed by atoms with Gasteiger partial charge in [0.25, 0.3) is 0 Å². The smallest absolute Gasteiger partial charge is 0.129 e. The van der Waals surface area contributed by atoms with E-state index in [9.17, 15) is 0 Å². The SMILES string of the molecule is CCCCOc1ccc(-c2ccc(N)cc2OCCCC)cc1. The molecule has 124 valence electrons. The van der Waals surface area contributed by atoms with E-state index in [-0.39, 0.29) is 0 Å². The monoisotopic (exact) mass is 313 g/mol. The molecule has 0 saturated carbocycles. The Morgan fingerprint density at radius 3 is 2.13 bits per heavy atom. The molecule has 0 aliphatic rings. The van der Waals surface area contributed by atoms with Crippen molar-refractivity contribution in [3.8, 4) is 22.6 Å². The average molecular weight is 313 g/mol. The lowest BCUT2D eigenvalue weighted by molar-refractivity contribution is 0.309. The zero-order valence-corrected chi connectivity index (χ0v) is 14.2. The van der Waals surface area contributed by atoms with Gasteiger partial charge in [-0.25, -0.2) is 0 Å². The maximum Gasteiger partial charge on any atom is 0.129 e. The lowest BCUT2D eigenvalue weighted by Crippen LogP contribution is -1.99. The van der Waals surface area contributed by atoms with Gasteiger partial charge in [-0.1, -0.05) is 38.8 Å². The van der Waals surface area contributed by atoms with Gasteiger partial charge in [0, 0.05) is 17.3 Å². The van der Waals surface area contributed by atoms with E-state index in [0.717, 1.165) is 60.6 Å². The fourth-order valence-electron chi connectivity index (χ4n) is 2.29. The fourth-order valence-corrected chi connectivity index (χ4v) is 2.29. The molecule has 0 fully saturated rings. The predicted octanol–water partition coefficient (Wildman–Crippen LogP) is 5.29. The third kappa shape index (κ3) is 5.20. The molecule has 0 atom stereocenters. The molecule has 3 nitrogen and oxygen atoms in total. The number of ether oxygens (including phenoxy) is 2. The summed E-state index contributed by atoms with van der Waals surface area (Å²) in [7, 11) is 0. The summed E-state index contributed by atoms with van der Waals surface area (Å²) < 4.78 is 11.6. The van der Waals surface area contributed by atoms with E-state index in [1.165, 1.54) is 0 Å². The quantitative estimate of drug-likeness (QED) is 0.505. The molecule has 2 aromatic carbocycles. The van der Waals surface area contributed by atoms with E-state index in [1.807, 2.05) is 30.3 Å². The van der Waals surface area contributed by atoms with Crippen molar-refractivity contribution in [2.24, 2.45) is 0 Å². The Labute approximate surface area is 139 Å². The first-order valence-electron chi connectivity index (χ1n) is 8.50. The number of hydrogen-bond donors (Lipinski definition) is 1. The zero-order chi connectivity index (χ0) is 16.5. The highest BCUT2D eigenvalue weighted by Gasteiger charge is 2.07. The van der Waals surface area contributed by atoms with E-state index < -0.39 is 0 Å². The molecule has 0 aromatic heterocycles. The average Bonchev–Trinajstić information content (AvgIpc) is 2.56. The molecule has 3 heteroatoms. The Balaban J connectivity index is 2.13. The predicted molar refractivity (Wildman–Crippen MR) is 97.1 cm³/mol. The topological polar surface area (TPSA) is 44.5 Å². The Morgan fingerprint density at radius 1 is 0.826 bits per heavy atom. The number of nitrogens with two attached hydrogens (primary N) is 1. The van der Waals surface area contributed by atoms with Gasteiger partial charge in [-0.2, -0.15) is 0 Å². The minimum atomic E-state index is 0.713. The van der Waals surface area contributed by atoms with Gasteiger partial charge < -0.3 is 15.2 Å². The standard InChI is InChI=1S/C20H27NO2/c1-3-5-13-22-18-10-7-16(8-11-18)19-12-9-17(21)15-20(19)23-14-6-4-2/h7-12,15H,3-6,13-14,21H2,1-2H3. The molecule has 2 rings (SSSR count). The molecule has 0 radical (unpaired) electrons. The number of rotatable bonds is 9. The van der Waals surface area contributed by atoms with Crippen LogP contribution in [0.25, 0.3) is 11.1 Å². The van der Waals surface area contributed by atoms with Crippen LogP contribution >= 0.6 is 0 Å². The van der Waals surface area contributed by atoms with Crippen LogP contribution in [0, 0.1) is 0 Å². The van der Waals surface area contributed by atoms with Gasteiger partial charge in [0.15, 0.2) is 0 Å². The van der Waals surface area contributed by atoms with E-state index in [4.69, 9.17) is 15.2 Å². The van der Waals surface area contributed by atoms with Gasteiger partial charge >= 0.3 is 0 Å². The summed E-state index contributed by atoms with van der Waals surface area (Å²) in [5.74, 6) is 1.75. The molecular formula is C20H27NO2. The Kier molecular flexibility index (Phi) is 6.79. The van der Waals surface area contributed by atoms with Crippen molar-refractivity contribution in [3.05, 3.63) is 42.5 Å². The molecule has 0 spiro atoms. The van der Waals surface area contributed by atoms with Crippen molar-refractivity contribution >= 4 is 5.69 Å². The molecule has 0 aliphatic heterocycles. The number of unbranched alkanes of at least 4 members (excludes halogenated alkanes) is 2. The summed E-state index contributed by atoms with van der Waals surface area (Å²) in [5.41, 5.74) is 8.80. The fraction of sp³-hybridized carbons (Fsp3) is 0.400.